The van der Waals surface area contributed by atoms with Crippen LogP contribution in [0.3, 0.4) is 0 Å². The summed E-state index contributed by atoms with van der Waals surface area (Å²) < 4.78 is 0. The van der Waals surface area contributed by atoms with Crippen molar-refractivity contribution in [2.24, 2.45) is 0 Å². The molecule has 0 amide bonds. The van der Waals surface area contributed by atoms with Gasteiger partial charge in [-0.05, 0) is 0 Å². The number of hydrogen-bond acceptors (Lipinski definition) is 3. The predicted molar refractivity (Wildman–Crippen MR) is 53.8 cm³/mol. The average molecular weight is 374 g/mol. The van der Waals surface area contributed by atoms with Crippen LogP contribution in [-0.2, 0) is 14.4 Å². The Balaban J connectivity index is -0.0000000655. The predicted octanol–water partition coefficient (Wildman–Crippen LogP) is 1.44. The summed E-state index contributed by atoms with van der Waals surface area (Å²) in [6.45, 7) is 4.80. The van der Waals surface area contributed by atoms with Gasteiger partial charge in [0.15, 0.2) is 0 Å². The molecule has 0 aromatic rings. The molecule has 97 valence electrons. The monoisotopic (exact) mass is 375 g/mol. The van der Waals surface area contributed by atoms with Crippen LogP contribution >= 0.6 is 0 Å². The quantitative estimate of drug-likeness (QED) is 0.689. The van der Waals surface area contributed by atoms with Crippen LogP contribution in [0.5, 0.6) is 0 Å². The number of rotatable bonds is 3. The van der Waals surface area contributed by atoms with Gasteiger partial charge in [-0.2, -0.15) is 0 Å². The number of carbonyl (C=O) groups is 3. The van der Waals surface area contributed by atoms with E-state index in [0.29, 0.717) is 0 Å². The summed E-state index contributed by atoms with van der Waals surface area (Å²) in [6.07, 6.45) is 0.667. The molecule has 0 bridgehead atoms. The summed E-state index contributed by atoms with van der Waals surface area (Å²) >= 11 is 0. The summed E-state index contributed by atoms with van der Waals surface area (Å²) in [4.78, 5) is 28.1. The average Bonchev–Trinajstić information content (AvgIpc) is 2.19. The van der Waals surface area contributed by atoms with Crippen molar-refractivity contribution >= 4 is 17.9 Å². The molecule has 0 saturated heterocycles. The third kappa shape index (κ3) is 65.8. The van der Waals surface area contributed by atoms with E-state index in [4.69, 9.17) is 15.3 Å². The van der Waals surface area contributed by atoms with Gasteiger partial charge >= 0.3 is 17.9 Å². The van der Waals surface area contributed by atoms with Gasteiger partial charge in [-0.15, -0.1) is 0 Å². The van der Waals surface area contributed by atoms with Gasteiger partial charge < -0.3 is 15.3 Å². The van der Waals surface area contributed by atoms with E-state index in [1.165, 1.54) is 0 Å². The Morgan fingerprint density at radius 1 is 0.688 bits per heavy atom. The van der Waals surface area contributed by atoms with Crippen molar-refractivity contribution < 1.29 is 79.1 Å². The van der Waals surface area contributed by atoms with Crippen molar-refractivity contribution in [2.45, 2.75) is 40.0 Å². The van der Waals surface area contributed by atoms with Crippen LogP contribution < -0.4 is 0 Å². The van der Waals surface area contributed by atoms with E-state index in [0.717, 1.165) is 0 Å². The van der Waals surface area contributed by atoms with Crippen molar-refractivity contribution in [1.82, 2.24) is 0 Å². The van der Waals surface area contributed by atoms with Gasteiger partial charge in [-0.25, -0.2) is 0 Å². The Labute approximate surface area is 136 Å². The fraction of sp³-hybridized carbons (Fsp3) is 0.667. The van der Waals surface area contributed by atoms with Crippen LogP contribution in [-0.4, -0.2) is 33.2 Å². The molecule has 0 rings (SSSR count). The molecule has 0 aliphatic rings. The normalized spacial score (nSPS) is 6.94. The van der Waals surface area contributed by atoms with E-state index in [1.807, 2.05) is 0 Å². The first kappa shape index (κ1) is 25.0. The van der Waals surface area contributed by atoms with E-state index >= 15 is 0 Å². The van der Waals surface area contributed by atoms with E-state index in [-0.39, 0.29) is 68.6 Å². The van der Waals surface area contributed by atoms with Crippen LogP contribution in [0.1, 0.15) is 40.0 Å². The maximum atomic E-state index is 9.37. The molecule has 0 aliphatic heterocycles. The molecule has 0 saturated carbocycles. The Morgan fingerprint density at radius 2 is 0.750 bits per heavy atom. The zero-order valence-corrected chi connectivity index (χ0v) is 12.0. The number of aliphatic carboxylic acids is 3. The molecule has 0 heterocycles. The Morgan fingerprint density at radius 3 is 0.750 bits per heavy atom. The van der Waals surface area contributed by atoms with Gasteiger partial charge in [0.1, 0.15) is 0 Å². The van der Waals surface area contributed by atoms with Crippen molar-refractivity contribution in [2.75, 3.05) is 0 Å². The molecule has 0 unspecified atom stereocenters. The molecule has 0 fully saturated rings. The molecule has 0 aromatic carbocycles. The summed E-state index contributed by atoms with van der Waals surface area (Å²) in [5.41, 5.74) is 0. The summed E-state index contributed by atoms with van der Waals surface area (Å²) in [5, 5.41) is 23.2. The first-order valence-corrected chi connectivity index (χ1v) is 4.47. The van der Waals surface area contributed by atoms with Crippen LogP contribution in [0.4, 0.5) is 0 Å². The van der Waals surface area contributed by atoms with E-state index in [9.17, 15) is 14.4 Å². The minimum Gasteiger partial charge on any atom is -0.481 e. The minimum atomic E-state index is -0.745. The van der Waals surface area contributed by atoms with E-state index < -0.39 is 17.9 Å². The second-order valence-corrected chi connectivity index (χ2v) is 2.24. The van der Waals surface area contributed by atoms with Crippen LogP contribution in [0.2, 0.25) is 0 Å². The molecule has 0 spiro atoms. The maximum Gasteiger partial charge on any atom is 0.303 e. The van der Waals surface area contributed by atoms with Crippen molar-refractivity contribution in [1.29, 1.82) is 0 Å². The molecule has 16 heavy (non-hydrogen) atoms. The van der Waals surface area contributed by atoms with Crippen molar-refractivity contribution in [3.8, 4) is 0 Å². The Hall–Kier alpha value is -0.00558. The first-order chi connectivity index (χ1) is 6.81. The zero-order valence-electron chi connectivity index (χ0n) is 9.57. The largest absolute Gasteiger partial charge is 0.481 e. The van der Waals surface area contributed by atoms with E-state index in [2.05, 4.69) is 0 Å². The van der Waals surface area contributed by atoms with Crippen LogP contribution in [0.25, 0.3) is 0 Å². The molecule has 0 aromatic heterocycles. The molecule has 7 heteroatoms. The second kappa shape index (κ2) is 20.4. The smallest absolute Gasteiger partial charge is 0.303 e. The first-order valence-electron chi connectivity index (χ1n) is 4.47. The summed E-state index contributed by atoms with van der Waals surface area (Å²) in [6, 6.07) is 0. The maximum absolute atomic E-state index is 9.37. The standard InChI is InChI=1S/3C3H6O2.Eu/c3*1-2-3(4)5;/h3*2H2,1H3,(H,4,5);. The van der Waals surface area contributed by atoms with Gasteiger partial charge in [0.25, 0.3) is 0 Å². The molecule has 0 aliphatic carbocycles. The number of carboxylic acids is 3. The fourth-order valence-electron chi connectivity index (χ4n) is 0. The molecule has 0 atom stereocenters. The van der Waals surface area contributed by atoms with Crippen LogP contribution in [0.15, 0.2) is 0 Å². The molecular formula is C9H18EuO6. The van der Waals surface area contributed by atoms with Gasteiger partial charge in [0, 0.05) is 68.6 Å². The number of carboxylic acid groups (broad SMARTS) is 3. The van der Waals surface area contributed by atoms with Crippen molar-refractivity contribution in [3.63, 3.8) is 0 Å². The van der Waals surface area contributed by atoms with Gasteiger partial charge in [-0.1, -0.05) is 20.8 Å². The molecule has 6 nitrogen and oxygen atoms in total. The van der Waals surface area contributed by atoms with E-state index in [1.54, 1.807) is 20.8 Å². The Kier molecular flexibility index (Phi) is 31.9. The number of hydrogen-bond donors (Lipinski definition) is 3. The topological polar surface area (TPSA) is 112 Å². The third-order valence-corrected chi connectivity index (χ3v) is 0.907. The Bertz CT molecular complexity index is 159. The SMILES string of the molecule is CCC(=O)O.CCC(=O)O.CCC(=O)O.[Eu]. The van der Waals surface area contributed by atoms with Crippen LogP contribution in [0, 0.1) is 49.4 Å². The second-order valence-electron chi connectivity index (χ2n) is 2.24. The van der Waals surface area contributed by atoms with Gasteiger partial charge in [0.2, 0.25) is 0 Å². The third-order valence-electron chi connectivity index (χ3n) is 0.907. The minimum absolute atomic E-state index is 0. The van der Waals surface area contributed by atoms with Gasteiger partial charge in [0.05, 0.1) is 0 Å². The molecule has 1 radical (unpaired) electrons. The summed E-state index contributed by atoms with van der Waals surface area (Å²) in [5.74, 6) is -2.24. The molecule has 3 N–H and O–H groups in total. The van der Waals surface area contributed by atoms with Gasteiger partial charge in [-0.3, -0.25) is 14.4 Å². The zero-order chi connectivity index (χ0) is 12.9. The summed E-state index contributed by atoms with van der Waals surface area (Å²) in [7, 11) is 0. The molecular weight excluding hydrogens is 356 g/mol. The fourth-order valence-corrected chi connectivity index (χ4v) is 0. The van der Waals surface area contributed by atoms with Crippen molar-refractivity contribution in [3.05, 3.63) is 0 Å².